The van der Waals surface area contributed by atoms with Crippen molar-refractivity contribution in [1.82, 2.24) is 0 Å². The molecule has 13 heavy (non-hydrogen) atoms. The average molecular weight is 207 g/mol. The summed E-state index contributed by atoms with van der Waals surface area (Å²) < 4.78 is 24.7. The number of rotatable bonds is 4. The van der Waals surface area contributed by atoms with Crippen LogP contribution in [0.1, 0.15) is 38.5 Å². The predicted molar refractivity (Wildman–Crippen MR) is 50.9 cm³/mol. The Balaban J connectivity index is 2.24. The molecule has 1 aliphatic carbocycles. The molecular weight excluding hydrogens is 190 g/mol. The van der Waals surface area contributed by atoms with Crippen molar-refractivity contribution in [3.05, 3.63) is 0 Å². The van der Waals surface area contributed by atoms with Crippen molar-refractivity contribution < 1.29 is 12.6 Å². The van der Waals surface area contributed by atoms with E-state index in [1.54, 1.807) is 0 Å². The second-order valence-electron chi connectivity index (χ2n) is 3.73. The maximum Gasteiger partial charge on any atom is 0.257 e. The van der Waals surface area contributed by atoms with E-state index in [-0.39, 0.29) is 12.1 Å². The lowest BCUT2D eigenvalue weighted by molar-refractivity contribution is 0.222. The molecule has 1 aliphatic rings. The Morgan fingerprint density at radius 2 is 1.85 bits per heavy atom. The summed E-state index contributed by atoms with van der Waals surface area (Å²) in [6.45, 7) is 0.231. The SMILES string of the molecule is NC1(CCO[SH](=O)=O)CCCCC1. The van der Waals surface area contributed by atoms with Gasteiger partial charge in [-0.15, -0.1) is 0 Å². The lowest BCUT2D eigenvalue weighted by Crippen LogP contribution is -2.42. The first-order valence-corrected chi connectivity index (χ1v) is 5.78. The van der Waals surface area contributed by atoms with Gasteiger partial charge in [-0.25, -0.2) is 8.42 Å². The van der Waals surface area contributed by atoms with Crippen LogP contribution in [-0.4, -0.2) is 20.6 Å². The molecule has 0 bridgehead atoms. The molecule has 0 radical (unpaired) electrons. The minimum Gasteiger partial charge on any atom is -0.325 e. The van der Waals surface area contributed by atoms with Gasteiger partial charge in [0.05, 0.1) is 6.61 Å². The van der Waals surface area contributed by atoms with Crippen LogP contribution in [0.15, 0.2) is 0 Å². The second-order valence-corrected chi connectivity index (χ2v) is 4.44. The Hall–Kier alpha value is -0.130. The van der Waals surface area contributed by atoms with Crippen molar-refractivity contribution in [2.24, 2.45) is 5.73 Å². The average Bonchev–Trinajstić information content (AvgIpc) is 2.04. The first kappa shape index (κ1) is 10.9. The summed E-state index contributed by atoms with van der Waals surface area (Å²) in [6, 6.07) is 0. The third-order valence-electron chi connectivity index (χ3n) is 2.65. The van der Waals surface area contributed by atoms with Gasteiger partial charge in [0.15, 0.2) is 0 Å². The molecule has 0 aromatic carbocycles. The van der Waals surface area contributed by atoms with Crippen molar-refractivity contribution >= 4 is 11.0 Å². The summed E-state index contributed by atoms with van der Waals surface area (Å²) in [4.78, 5) is 0. The fraction of sp³-hybridized carbons (Fsp3) is 1.00. The number of hydrogen-bond acceptors (Lipinski definition) is 4. The van der Waals surface area contributed by atoms with Gasteiger partial charge in [0.2, 0.25) is 0 Å². The summed E-state index contributed by atoms with van der Waals surface area (Å²) in [5, 5.41) is 0. The Morgan fingerprint density at radius 3 is 2.38 bits per heavy atom. The molecule has 0 aromatic heterocycles. The second kappa shape index (κ2) is 4.93. The molecular formula is C8H17NO3S. The summed E-state index contributed by atoms with van der Waals surface area (Å²) in [7, 11) is -2.71. The van der Waals surface area contributed by atoms with Gasteiger partial charge in [-0.1, -0.05) is 19.3 Å². The van der Waals surface area contributed by atoms with Crippen LogP contribution in [0.2, 0.25) is 0 Å². The maximum atomic E-state index is 10.1. The molecule has 1 rings (SSSR count). The van der Waals surface area contributed by atoms with Crippen LogP contribution < -0.4 is 5.73 Å². The van der Waals surface area contributed by atoms with Crippen LogP contribution in [-0.2, 0) is 15.2 Å². The molecule has 1 saturated carbocycles. The molecule has 0 aliphatic heterocycles. The summed E-state index contributed by atoms with van der Waals surface area (Å²) in [6.07, 6.45) is 6.18. The Labute approximate surface area is 80.6 Å². The van der Waals surface area contributed by atoms with Gasteiger partial charge in [-0.2, -0.15) is 0 Å². The Bertz CT molecular complexity index is 213. The highest BCUT2D eigenvalue weighted by molar-refractivity contribution is 7.67. The molecule has 1 fully saturated rings. The van der Waals surface area contributed by atoms with Crippen LogP contribution in [0.5, 0.6) is 0 Å². The van der Waals surface area contributed by atoms with E-state index in [0.717, 1.165) is 25.7 Å². The van der Waals surface area contributed by atoms with Gasteiger partial charge < -0.3 is 5.73 Å². The van der Waals surface area contributed by atoms with E-state index in [1.807, 2.05) is 0 Å². The van der Waals surface area contributed by atoms with Crippen LogP contribution in [0.3, 0.4) is 0 Å². The molecule has 0 heterocycles. The van der Waals surface area contributed by atoms with Crippen molar-refractivity contribution in [1.29, 1.82) is 0 Å². The van der Waals surface area contributed by atoms with Crippen LogP contribution in [0.25, 0.3) is 0 Å². The molecule has 0 saturated heterocycles. The van der Waals surface area contributed by atoms with E-state index in [4.69, 9.17) is 5.73 Å². The van der Waals surface area contributed by atoms with Crippen LogP contribution >= 0.6 is 0 Å². The summed E-state index contributed by atoms with van der Waals surface area (Å²) in [5.41, 5.74) is 5.89. The van der Waals surface area contributed by atoms with E-state index >= 15 is 0 Å². The molecule has 4 nitrogen and oxygen atoms in total. The topological polar surface area (TPSA) is 69.4 Å². The van der Waals surface area contributed by atoms with E-state index in [1.165, 1.54) is 6.42 Å². The van der Waals surface area contributed by atoms with Gasteiger partial charge in [0.25, 0.3) is 11.0 Å². The molecule has 2 N–H and O–H groups in total. The highest BCUT2D eigenvalue weighted by atomic mass is 32.2. The van der Waals surface area contributed by atoms with Crippen molar-refractivity contribution in [3.63, 3.8) is 0 Å². The number of thiol groups is 1. The van der Waals surface area contributed by atoms with Crippen molar-refractivity contribution in [2.45, 2.75) is 44.1 Å². The minimum atomic E-state index is -2.71. The normalized spacial score (nSPS) is 22.0. The lowest BCUT2D eigenvalue weighted by atomic mass is 9.80. The van der Waals surface area contributed by atoms with Gasteiger partial charge in [-0.3, -0.25) is 4.18 Å². The lowest BCUT2D eigenvalue weighted by Gasteiger charge is -2.32. The molecule has 0 atom stereocenters. The zero-order valence-corrected chi connectivity index (χ0v) is 8.59. The molecule has 78 valence electrons. The third kappa shape index (κ3) is 4.06. The number of hydrogen-bond donors (Lipinski definition) is 2. The van der Waals surface area contributed by atoms with E-state index in [2.05, 4.69) is 4.18 Å². The largest absolute Gasteiger partial charge is 0.325 e. The fourth-order valence-corrected chi connectivity index (χ4v) is 2.07. The molecule has 0 unspecified atom stereocenters. The smallest absolute Gasteiger partial charge is 0.257 e. The quantitative estimate of drug-likeness (QED) is 0.662. The molecule has 5 heteroatoms. The van der Waals surface area contributed by atoms with Crippen molar-refractivity contribution in [2.75, 3.05) is 6.61 Å². The standard InChI is InChI=1S/C8H17NO3S/c9-8(4-2-1-3-5-8)6-7-12-13(10)11/h13H,1-7,9H2. The van der Waals surface area contributed by atoms with Gasteiger partial charge in [0.1, 0.15) is 0 Å². The fourth-order valence-electron chi connectivity index (χ4n) is 1.83. The Morgan fingerprint density at radius 1 is 1.23 bits per heavy atom. The van der Waals surface area contributed by atoms with Gasteiger partial charge >= 0.3 is 0 Å². The molecule has 0 aromatic rings. The minimum absolute atomic E-state index is 0.177. The maximum absolute atomic E-state index is 10.1. The van der Waals surface area contributed by atoms with E-state index in [0.29, 0.717) is 6.42 Å². The highest BCUT2D eigenvalue weighted by Gasteiger charge is 2.26. The van der Waals surface area contributed by atoms with Crippen molar-refractivity contribution in [3.8, 4) is 0 Å². The van der Waals surface area contributed by atoms with E-state index < -0.39 is 11.0 Å². The zero-order chi connectivity index (χ0) is 9.73. The predicted octanol–water partition coefficient (Wildman–Crippen LogP) is 0.581. The highest BCUT2D eigenvalue weighted by Crippen LogP contribution is 2.28. The Kier molecular flexibility index (Phi) is 4.15. The third-order valence-corrected chi connectivity index (χ3v) is 3.04. The summed E-state index contributed by atoms with van der Waals surface area (Å²) >= 11 is 0. The van der Waals surface area contributed by atoms with E-state index in [9.17, 15) is 8.42 Å². The monoisotopic (exact) mass is 207 g/mol. The zero-order valence-electron chi connectivity index (χ0n) is 7.70. The van der Waals surface area contributed by atoms with Gasteiger partial charge in [-0.05, 0) is 19.3 Å². The van der Waals surface area contributed by atoms with Crippen LogP contribution in [0, 0.1) is 0 Å². The number of nitrogens with two attached hydrogens (primary N) is 1. The summed E-state index contributed by atoms with van der Waals surface area (Å²) in [5.74, 6) is 0. The van der Waals surface area contributed by atoms with Gasteiger partial charge in [0, 0.05) is 5.54 Å². The van der Waals surface area contributed by atoms with Crippen LogP contribution in [0.4, 0.5) is 0 Å². The first-order valence-electron chi connectivity index (χ1n) is 4.69. The molecule has 0 spiro atoms. The first-order chi connectivity index (χ1) is 6.12. The molecule has 0 amide bonds.